The second-order valence-electron chi connectivity index (χ2n) is 5.87. The topological polar surface area (TPSA) is 69.4 Å². The number of hydrogen-bond acceptors (Lipinski definition) is 4. The second-order valence-corrected chi connectivity index (χ2v) is 6.31. The SMILES string of the molecule is CON(C)C(=O)c1cnn(-c2ccc(-n3ccc(Cl)cc3=O)cc2)c1C(F)(F)F. The van der Waals surface area contributed by atoms with Crippen LogP contribution in [0, 0.1) is 0 Å². The van der Waals surface area contributed by atoms with Crippen LogP contribution < -0.4 is 5.56 Å². The highest BCUT2D eigenvalue weighted by molar-refractivity contribution is 6.30. The van der Waals surface area contributed by atoms with Crippen molar-refractivity contribution < 1.29 is 22.8 Å². The van der Waals surface area contributed by atoms with Gasteiger partial charge in [-0.1, -0.05) is 11.6 Å². The quantitative estimate of drug-likeness (QED) is 0.600. The van der Waals surface area contributed by atoms with Gasteiger partial charge < -0.3 is 0 Å². The minimum absolute atomic E-state index is 0.0576. The fourth-order valence-electron chi connectivity index (χ4n) is 2.65. The molecular weight excluding hydrogens is 413 g/mol. The Hall–Kier alpha value is -3.11. The van der Waals surface area contributed by atoms with Gasteiger partial charge in [0.2, 0.25) is 0 Å². The number of halogens is 4. The molecular formula is C18H14ClF3N4O3. The van der Waals surface area contributed by atoms with Crippen LogP contribution in [0.1, 0.15) is 16.1 Å². The summed E-state index contributed by atoms with van der Waals surface area (Å²) >= 11 is 5.76. The Labute approximate surface area is 167 Å². The molecule has 2 aromatic heterocycles. The number of hydroxylamine groups is 2. The molecule has 0 radical (unpaired) electrons. The standard InChI is InChI=1S/C18H14ClF3N4O3/c1-24(29-2)17(28)14-10-23-26(16(14)18(20,21)22)13-5-3-12(4-6-13)25-8-7-11(19)9-15(25)27/h3-10H,1-2H3. The lowest BCUT2D eigenvalue weighted by Gasteiger charge is -2.16. The Kier molecular flexibility index (Phi) is 5.49. The lowest BCUT2D eigenvalue weighted by atomic mass is 10.2. The molecule has 0 aliphatic carbocycles. The summed E-state index contributed by atoms with van der Waals surface area (Å²) in [6.07, 6.45) is -2.56. The minimum Gasteiger partial charge on any atom is -0.284 e. The third kappa shape index (κ3) is 4.03. The number of carbonyl (C=O) groups excluding carboxylic acids is 1. The van der Waals surface area contributed by atoms with Crippen LogP contribution in [-0.4, -0.2) is 39.5 Å². The zero-order chi connectivity index (χ0) is 21.3. The van der Waals surface area contributed by atoms with Gasteiger partial charge in [-0.3, -0.25) is 19.0 Å². The first-order chi connectivity index (χ1) is 13.6. The smallest absolute Gasteiger partial charge is 0.284 e. The van der Waals surface area contributed by atoms with Crippen molar-refractivity contribution in [3.63, 3.8) is 0 Å². The van der Waals surface area contributed by atoms with Gasteiger partial charge in [0, 0.05) is 30.0 Å². The Morgan fingerprint density at radius 3 is 2.34 bits per heavy atom. The molecule has 0 saturated carbocycles. The molecule has 1 aromatic carbocycles. The van der Waals surface area contributed by atoms with Gasteiger partial charge >= 0.3 is 6.18 Å². The molecule has 11 heteroatoms. The summed E-state index contributed by atoms with van der Waals surface area (Å²) in [5.74, 6) is -0.990. The molecule has 3 rings (SSSR count). The van der Waals surface area contributed by atoms with E-state index in [-0.39, 0.29) is 10.7 Å². The summed E-state index contributed by atoms with van der Waals surface area (Å²) in [5.41, 5.74) is -1.80. The fourth-order valence-corrected chi connectivity index (χ4v) is 2.80. The zero-order valence-corrected chi connectivity index (χ0v) is 15.9. The minimum atomic E-state index is -4.85. The average molecular weight is 427 g/mol. The maximum atomic E-state index is 13.7. The molecule has 0 saturated heterocycles. The van der Waals surface area contributed by atoms with Gasteiger partial charge in [-0.05, 0) is 30.3 Å². The molecule has 29 heavy (non-hydrogen) atoms. The molecule has 3 aromatic rings. The first kappa shape index (κ1) is 20.6. The van der Waals surface area contributed by atoms with Crippen LogP contribution >= 0.6 is 11.6 Å². The summed E-state index contributed by atoms with van der Waals surface area (Å²) in [5, 5.41) is 4.67. The highest BCUT2D eigenvalue weighted by atomic mass is 35.5. The van der Waals surface area contributed by atoms with Crippen LogP contribution in [0.4, 0.5) is 13.2 Å². The van der Waals surface area contributed by atoms with Crippen molar-refractivity contribution in [3.05, 3.63) is 75.4 Å². The average Bonchev–Trinajstić information content (AvgIpc) is 3.12. The van der Waals surface area contributed by atoms with Gasteiger partial charge in [-0.2, -0.15) is 18.3 Å². The van der Waals surface area contributed by atoms with Crippen molar-refractivity contribution >= 4 is 17.5 Å². The van der Waals surface area contributed by atoms with E-state index in [4.69, 9.17) is 11.6 Å². The van der Waals surface area contributed by atoms with Crippen LogP contribution in [0.5, 0.6) is 0 Å². The number of aromatic nitrogens is 3. The van der Waals surface area contributed by atoms with Gasteiger partial charge in [-0.15, -0.1) is 0 Å². The zero-order valence-electron chi connectivity index (χ0n) is 15.1. The Morgan fingerprint density at radius 2 is 1.79 bits per heavy atom. The van der Waals surface area contributed by atoms with E-state index in [1.165, 1.54) is 54.2 Å². The van der Waals surface area contributed by atoms with Gasteiger partial charge in [-0.25, -0.2) is 9.75 Å². The van der Waals surface area contributed by atoms with Gasteiger partial charge in [0.15, 0.2) is 5.69 Å². The molecule has 0 fully saturated rings. The number of carbonyl (C=O) groups is 1. The van der Waals surface area contributed by atoms with Crippen molar-refractivity contribution in [3.8, 4) is 11.4 Å². The molecule has 1 amide bonds. The van der Waals surface area contributed by atoms with Crippen molar-refractivity contribution in [1.82, 2.24) is 19.4 Å². The molecule has 0 aliphatic heterocycles. The summed E-state index contributed by atoms with van der Waals surface area (Å²) in [6, 6.07) is 8.34. The lowest BCUT2D eigenvalue weighted by molar-refractivity contribution is -0.143. The third-order valence-corrected chi connectivity index (χ3v) is 4.32. The van der Waals surface area contributed by atoms with E-state index in [2.05, 4.69) is 9.94 Å². The number of pyridine rings is 1. The molecule has 0 spiro atoms. The van der Waals surface area contributed by atoms with Crippen molar-refractivity contribution in [2.24, 2.45) is 0 Å². The summed E-state index contributed by atoms with van der Waals surface area (Å²) < 4.78 is 42.9. The first-order valence-electron chi connectivity index (χ1n) is 8.10. The summed E-state index contributed by atoms with van der Waals surface area (Å²) in [4.78, 5) is 28.9. The van der Waals surface area contributed by atoms with Crippen LogP contribution in [0.15, 0.2) is 53.6 Å². The van der Waals surface area contributed by atoms with Crippen molar-refractivity contribution in [2.75, 3.05) is 14.2 Å². The maximum absolute atomic E-state index is 13.7. The van der Waals surface area contributed by atoms with Crippen molar-refractivity contribution in [1.29, 1.82) is 0 Å². The van der Waals surface area contributed by atoms with Crippen LogP contribution in [0.3, 0.4) is 0 Å². The largest absolute Gasteiger partial charge is 0.434 e. The normalized spacial score (nSPS) is 11.5. The van der Waals surface area contributed by atoms with E-state index in [0.29, 0.717) is 15.4 Å². The summed E-state index contributed by atoms with van der Waals surface area (Å²) in [7, 11) is 2.35. The number of hydrogen-bond donors (Lipinski definition) is 0. The number of amides is 1. The molecule has 7 nitrogen and oxygen atoms in total. The highest BCUT2D eigenvalue weighted by Crippen LogP contribution is 2.34. The van der Waals surface area contributed by atoms with E-state index in [1.807, 2.05) is 0 Å². The second kappa shape index (κ2) is 7.72. The van der Waals surface area contributed by atoms with Crippen LogP contribution in [0.25, 0.3) is 11.4 Å². The number of alkyl halides is 3. The molecule has 2 heterocycles. The molecule has 0 unspecified atom stereocenters. The predicted molar refractivity (Wildman–Crippen MR) is 98.3 cm³/mol. The first-order valence-corrected chi connectivity index (χ1v) is 8.47. The Bertz CT molecular complexity index is 1110. The number of benzene rings is 1. The summed E-state index contributed by atoms with van der Waals surface area (Å²) in [6.45, 7) is 0. The Morgan fingerprint density at radius 1 is 1.17 bits per heavy atom. The molecule has 0 bridgehead atoms. The van der Waals surface area contributed by atoms with E-state index in [1.54, 1.807) is 0 Å². The van der Waals surface area contributed by atoms with Gasteiger partial charge in [0.05, 0.1) is 24.6 Å². The lowest BCUT2D eigenvalue weighted by Crippen LogP contribution is -2.28. The van der Waals surface area contributed by atoms with E-state index in [0.717, 1.165) is 13.3 Å². The van der Waals surface area contributed by atoms with E-state index < -0.39 is 28.9 Å². The van der Waals surface area contributed by atoms with E-state index in [9.17, 15) is 22.8 Å². The monoisotopic (exact) mass is 426 g/mol. The molecule has 0 N–H and O–H groups in total. The Balaban J connectivity index is 2.06. The third-order valence-electron chi connectivity index (χ3n) is 4.08. The number of nitrogens with zero attached hydrogens (tertiary/aromatic N) is 4. The van der Waals surface area contributed by atoms with Gasteiger partial charge in [0.25, 0.3) is 11.5 Å². The predicted octanol–water partition coefficient (Wildman–Crippen LogP) is 3.33. The van der Waals surface area contributed by atoms with Crippen LogP contribution in [-0.2, 0) is 11.0 Å². The number of rotatable bonds is 4. The molecule has 0 aliphatic rings. The fraction of sp³-hybridized carbons (Fsp3) is 0.167. The van der Waals surface area contributed by atoms with Gasteiger partial charge in [0.1, 0.15) is 0 Å². The van der Waals surface area contributed by atoms with Crippen LogP contribution in [0.2, 0.25) is 5.02 Å². The van der Waals surface area contributed by atoms with Crippen molar-refractivity contribution in [2.45, 2.75) is 6.18 Å². The van der Waals surface area contributed by atoms with E-state index >= 15 is 0 Å². The highest BCUT2D eigenvalue weighted by Gasteiger charge is 2.41. The molecule has 0 atom stereocenters. The molecule has 152 valence electrons. The maximum Gasteiger partial charge on any atom is 0.434 e.